The summed E-state index contributed by atoms with van der Waals surface area (Å²) in [5, 5.41) is 11.8. The average molecular weight is 405 g/mol. The molecule has 0 fully saturated rings. The highest BCUT2D eigenvalue weighted by Gasteiger charge is 2.16. The number of aliphatic imine (C=N–C) groups is 1. The molecule has 0 aliphatic carbocycles. The van der Waals surface area contributed by atoms with E-state index in [1.807, 2.05) is 35.8 Å². The fourth-order valence-electron chi connectivity index (χ4n) is 3.32. The van der Waals surface area contributed by atoms with Gasteiger partial charge in [-0.25, -0.2) is 9.48 Å². The van der Waals surface area contributed by atoms with Gasteiger partial charge in [-0.15, -0.1) is 0 Å². The second kappa shape index (κ2) is 10.3. The summed E-state index contributed by atoms with van der Waals surface area (Å²) in [5.41, 5.74) is 1.25. The Morgan fingerprint density at radius 2 is 2.07 bits per heavy atom. The highest BCUT2D eigenvalue weighted by molar-refractivity contribution is 6.30. The predicted molar refractivity (Wildman–Crippen MR) is 113 cm³/mol. The van der Waals surface area contributed by atoms with Crippen molar-refractivity contribution >= 4 is 17.6 Å². The van der Waals surface area contributed by atoms with Crippen molar-refractivity contribution in [3.05, 3.63) is 51.2 Å². The van der Waals surface area contributed by atoms with Crippen molar-refractivity contribution in [2.75, 3.05) is 19.6 Å². The lowest BCUT2D eigenvalue weighted by Gasteiger charge is -2.11. The maximum absolute atomic E-state index is 12.3. The monoisotopic (exact) mass is 404 g/mol. The van der Waals surface area contributed by atoms with Gasteiger partial charge in [0.15, 0.2) is 5.96 Å². The molecule has 0 unspecified atom stereocenters. The van der Waals surface area contributed by atoms with E-state index in [4.69, 9.17) is 11.6 Å². The third-order valence-corrected chi connectivity index (χ3v) is 5.05. The number of nitrogens with zero attached hydrogens (tertiary/aromatic N) is 4. The van der Waals surface area contributed by atoms with E-state index in [0.717, 1.165) is 68.5 Å². The molecule has 8 heteroatoms. The zero-order chi connectivity index (χ0) is 19.8. The van der Waals surface area contributed by atoms with Crippen molar-refractivity contribution in [3.63, 3.8) is 0 Å². The van der Waals surface area contributed by atoms with Crippen LogP contribution in [0.4, 0.5) is 0 Å². The number of rotatable bonds is 8. The maximum atomic E-state index is 12.3. The molecule has 28 heavy (non-hydrogen) atoms. The SMILES string of the molecule is CCNC(=NCCCn1nc2n(c1=O)CCCC2)NCCc1ccc(Cl)cc1. The third-order valence-electron chi connectivity index (χ3n) is 4.79. The molecular formula is C20H29ClN6O. The molecule has 0 spiro atoms. The minimum atomic E-state index is 0.0201. The first-order valence-corrected chi connectivity index (χ1v) is 10.5. The Labute approximate surface area is 170 Å². The number of hydrogen-bond donors (Lipinski definition) is 2. The van der Waals surface area contributed by atoms with Crippen molar-refractivity contribution in [1.29, 1.82) is 0 Å². The van der Waals surface area contributed by atoms with E-state index in [9.17, 15) is 4.79 Å². The molecule has 0 saturated heterocycles. The molecule has 0 saturated carbocycles. The number of halogens is 1. The molecule has 0 amide bonds. The second-order valence-electron chi connectivity index (χ2n) is 6.95. The standard InChI is InChI=1S/C20H29ClN6O/c1-2-22-19(24-13-11-16-7-9-17(21)10-8-16)23-12-5-15-27-20(28)26-14-4-3-6-18(26)25-27/h7-10H,2-6,11-15H2,1H3,(H2,22,23,24). The molecule has 0 atom stereocenters. The first-order valence-electron chi connectivity index (χ1n) is 10.1. The smallest absolute Gasteiger partial charge is 0.345 e. The van der Waals surface area contributed by atoms with Gasteiger partial charge < -0.3 is 10.6 Å². The van der Waals surface area contributed by atoms with Crippen LogP contribution in [-0.2, 0) is 25.9 Å². The van der Waals surface area contributed by atoms with Gasteiger partial charge in [-0.2, -0.15) is 5.10 Å². The van der Waals surface area contributed by atoms with Gasteiger partial charge in [-0.3, -0.25) is 9.56 Å². The van der Waals surface area contributed by atoms with E-state index >= 15 is 0 Å². The van der Waals surface area contributed by atoms with Crippen LogP contribution in [-0.4, -0.2) is 39.9 Å². The van der Waals surface area contributed by atoms with Crippen LogP contribution < -0.4 is 16.3 Å². The highest BCUT2D eigenvalue weighted by Crippen LogP contribution is 2.10. The normalized spacial score (nSPS) is 14.0. The molecule has 2 N–H and O–H groups in total. The van der Waals surface area contributed by atoms with E-state index in [1.54, 1.807) is 4.68 Å². The highest BCUT2D eigenvalue weighted by atomic mass is 35.5. The number of nitrogens with one attached hydrogen (secondary N) is 2. The molecule has 0 radical (unpaired) electrons. The van der Waals surface area contributed by atoms with Gasteiger partial charge >= 0.3 is 5.69 Å². The Morgan fingerprint density at radius 1 is 1.25 bits per heavy atom. The fraction of sp³-hybridized carbons (Fsp3) is 0.550. The molecule has 1 aromatic heterocycles. The van der Waals surface area contributed by atoms with Crippen LogP contribution >= 0.6 is 11.6 Å². The van der Waals surface area contributed by atoms with Gasteiger partial charge in [-0.1, -0.05) is 23.7 Å². The van der Waals surface area contributed by atoms with Crippen LogP contribution in [0.15, 0.2) is 34.1 Å². The summed E-state index contributed by atoms with van der Waals surface area (Å²) >= 11 is 5.92. The molecule has 2 heterocycles. The summed E-state index contributed by atoms with van der Waals surface area (Å²) in [6.45, 7) is 5.69. The van der Waals surface area contributed by atoms with Gasteiger partial charge in [0, 0.05) is 44.2 Å². The number of aryl methyl sites for hydroxylation is 2. The Hall–Kier alpha value is -2.28. The van der Waals surface area contributed by atoms with Gasteiger partial charge in [-0.05, 0) is 50.3 Å². The van der Waals surface area contributed by atoms with E-state index in [2.05, 4.69) is 20.7 Å². The lowest BCUT2D eigenvalue weighted by molar-refractivity contribution is 0.509. The Kier molecular flexibility index (Phi) is 7.54. The van der Waals surface area contributed by atoms with Crippen LogP contribution in [0, 0.1) is 0 Å². The molecule has 1 aromatic carbocycles. The van der Waals surface area contributed by atoms with Crippen molar-refractivity contribution in [3.8, 4) is 0 Å². The largest absolute Gasteiger partial charge is 0.357 e. The molecule has 0 bridgehead atoms. The lowest BCUT2D eigenvalue weighted by Crippen LogP contribution is -2.38. The molecular weight excluding hydrogens is 376 g/mol. The molecule has 2 aromatic rings. The summed E-state index contributed by atoms with van der Waals surface area (Å²) in [6.07, 6.45) is 4.77. The topological polar surface area (TPSA) is 76.2 Å². The Balaban J connectivity index is 1.45. The molecule has 3 rings (SSSR count). The first kappa shape index (κ1) is 20.5. The van der Waals surface area contributed by atoms with Crippen LogP contribution in [0.25, 0.3) is 0 Å². The van der Waals surface area contributed by atoms with Gasteiger partial charge in [0.2, 0.25) is 0 Å². The van der Waals surface area contributed by atoms with Gasteiger partial charge in [0.1, 0.15) is 5.82 Å². The summed E-state index contributed by atoms with van der Waals surface area (Å²) in [6, 6.07) is 7.89. The zero-order valence-corrected chi connectivity index (χ0v) is 17.2. The van der Waals surface area contributed by atoms with Crippen molar-refractivity contribution in [2.45, 2.75) is 52.1 Å². The fourth-order valence-corrected chi connectivity index (χ4v) is 3.45. The minimum Gasteiger partial charge on any atom is -0.357 e. The molecule has 152 valence electrons. The summed E-state index contributed by atoms with van der Waals surface area (Å²) in [7, 11) is 0. The second-order valence-corrected chi connectivity index (χ2v) is 7.38. The predicted octanol–water partition coefficient (Wildman–Crippen LogP) is 2.22. The summed E-state index contributed by atoms with van der Waals surface area (Å²) < 4.78 is 3.41. The summed E-state index contributed by atoms with van der Waals surface area (Å²) in [4.78, 5) is 16.9. The van der Waals surface area contributed by atoms with Crippen molar-refractivity contribution in [2.24, 2.45) is 4.99 Å². The van der Waals surface area contributed by atoms with E-state index in [-0.39, 0.29) is 5.69 Å². The number of guanidine groups is 1. The number of fused-ring (bicyclic) bond motifs is 1. The Bertz CT molecular complexity index is 839. The molecule has 1 aliphatic heterocycles. The van der Waals surface area contributed by atoms with Crippen LogP contribution in [0.3, 0.4) is 0 Å². The molecule has 7 nitrogen and oxygen atoms in total. The number of hydrogen-bond acceptors (Lipinski definition) is 3. The minimum absolute atomic E-state index is 0.0201. The van der Waals surface area contributed by atoms with Gasteiger partial charge in [0.25, 0.3) is 0 Å². The van der Waals surface area contributed by atoms with Crippen LogP contribution in [0.1, 0.15) is 37.6 Å². The van der Waals surface area contributed by atoms with E-state index in [1.165, 1.54) is 5.56 Å². The van der Waals surface area contributed by atoms with E-state index < -0.39 is 0 Å². The third kappa shape index (κ3) is 5.61. The lowest BCUT2D eigenvalue weighted by atomic mass is 10.1. The average Bonchev–Trinajstić information content (AvgIpc) is 3.03. The summed E-state index contributed by atoms with van der Waals surface area (Å²) in [5.74, 6) is 1.73. The number of benzene rings is 1. The van der Waals surface area contributed by atoms with Crippen molar-refractivity contribution < 1.29 is 0 Å². The maximum Gasteiger partial charge on any atom is 0.345 e. The molecule has 1 aliphatic rings. The first-order chi connectivity index (χ1) is 13.7. The quantitative estimate of drug-likeness (QED) is 0.402. The number of aromatic nitrogens is 3. The van der Waals surface area contributed by atoms with Crippen LogP contribution in [0.5, 0.6) is 0 Å². The van der Waals surface area contributed by atoms with Crippen LogP contribution in [0.2, 0.25) is 5.02 Å². The van der Waals surface area contributed by atoms with E-state index in [0.29, 0.717) is 13.1 Å². The van der Waals surface area contributed by atoms with Gasteiger partial charge in [0.05, 0.1) is 0 Å². The Morgan fingerprint density at radius 3 is 2.82 bits per heavy atom. The zero-order valence-electron chi connectivity index (χ0n) is 16.5. The van der Waals surface area contributed by atoms with Crippen molar-refractivity contribution in [1.82, 2.24) is 25.0 Å².